The predicted octanol–water partition coefficient (Wildman–Crippen LogP) is 5.04. The van der Waals surface area contributed by atoms with Gasteiger partial charge in [0.05, 0.1) is 0 Å². The van der Waals surface area contributed by atoms with Gasteiger partial charge in [0.15, 0.2) is 0 Å². The molecule has 3 heteroatoms. The molecule has 0 spiro atoms. The van der Waals surface area contributed by atoms with E-state index in [0.29, 0.717) is 5.25 Å². The highest BCUT2D eigenvalue weighted by Gasteiger charge is 2.11. The van der Waals surface area contributed by atoms with Crippen LogP contribution in [0.25, 0.3) is 0 Å². The minimum atomic E-state index is 0.507. The molecular weight excluding hydrogens is 312 g/mol. The van der Waals surface area contributed by atoms with Crippen molar-refractivity contribution in [1.82, 2.24) is 4.98 Å². The second kappa shape index (κ2) is 9.14. The van der Waals surface area contributed by atoms with E-state index in [2.05, 4.69) is 71.0 Å². The maximum absolute atomic E-state index is 4.21. The standard InChI is InChI=1S/C21H22N2S/c1-3-8-18(9-4-1)14-21(16-23-20-11-5-2-6-12-20)24-17-19-10-7-13-22-15-19/h1-13,15,21,23H,14,16-17H2. The van der Waals surface area contributed by atoms with Gasteiger partial charge in [-0.15, -0.1) is 0 Å². The molecule has 0 bridgehead atoms. The fourth-order valence-electron chi connectivity index (χ4n) is 2.55. The Morgan fingerprint density at radius 1 is 0.833 bits per heavy atom. The molecule has 0 aliphatic carbocycles. The zero-order valence-electron chi connectivity index (χ0n) is 13.6. The minimum Gasteiger partial charge on any atom is -0.384 e. The van der Waals surface area contributed by atoms with Crippen LogP contribution in [0, 0.1) is 0 Å². The van der Waals surface area contributed by atoms with Crippen LogP contribution in [0.2, 0.25) is 0 Å². The van der Waals surface area contributed by atoms with E-state index in [1.807, 2.05) is 36.3 Å². The van der Waals surface area contributed by atoms with Crippen LogP contribution in [0.1, 0.15) is 11.1 Å². The number of nitrogens with one attached hydrogen (secondary N) is 1. The third-order valence-corrected chi connectivity index (χ3v) is 5.13. The van der Waals surface area contributed by atoms with Crippen LogP contribution in [0.4, 0.5) is 5.69 Å². The summed E-state index contributed by atoms with van der Waals surface area (Å²) in [5, 5.41) is 4.07. The van der Waals surface area contributed by atoms with Gasteiger partial charge < -0.3 is 5.32 Å². The Balaban J connectivity index is 1.61. The summed E-state index contributed by atoms with van der Waals surface area (Å²) in [7, 11) is 0. The lowest BCUT2D eigenvalue weighted by molar-refractivity contribution is 0.882. The van der Waals surface area contributed by atoms with Gasteiger partial charge in [0.2, 0.25) is 0 Å². The van der Waals surface area contributed by atoms with E-state index in [4.69, 9.17) is 0 Å². The molecular formula is C21H22N2S. The van der Waals surface area contributed by atoms with Crippen molar-refractivity contribution in [1.29, 1.82) is 0 Å². The number of hydrogen-bond acceptors (Lipinski definition) is 3. The lowest BCUT2D eigenvalue weighted by Crippen LogP contribution is -2.19. The van der Waals surface area contributed by atoms with Crippen molar-refractivity contribution in [2.45, 2.75) is 17.4 Å². The fraction of sp³-hybridized carbons (Fsp3) is 0.190. The predicted molar refractivity (Wildman–Crippen MR) is 104 cm³/mol. The van der Waals surface area contributed by atoms with Gasteiger partial charge in [0.25, 0.3) is 0 Å². The molecule has 1 N–H and O–H groups in total. The summed E-state index contributed by atoms with van der Waals surface area (Å²) in [6.07, 6.45) is 4.84. The van der Waals surface area contributed by atoms with Gasteiger partial charge in [-0.05, 0) is 35.7 Å². The van der Waals surface area contributed by atoms with Gasteiger partial charge in [-0.1, -0.05) is 54.6 Å². The molecule has 2 aromatic carbocycles. The highest BCUT2D eigenvalue weighted by Crippen LogP contribution is 2.22. The summed E-state index contributed by atoms with van der Waals surface area (Å²) < 4.78 is 0. The first-order valence-electron chi connectivity index (χ1n) is 8.23. The van der Waals surface area contributed by atoms with E-state index in [1.54, 1.807) is 0 Å². The highest BCUT2D eigenvalue weighted by atomic mass is 32.2. The molecule has 122 valence electrons. The quantitative estimate of drug-likeness (QED) is 0.625. The van der Waals surface area contributed by atoms with Gasteiger partial charge in [-0.25, -0.2) is 0 Å². The largest absolute Gasteiger partial charge is 0.384 e. The molecule has 0 aliphatic rings. The van der Waals surface area contributed by atoms with Crippen LogP contribution in [-0.4, -0.2) is 16.8 Å². The molecule has 0 saturated heterocycles. The third kappa shape index (κ3) is 5.43. The van der Waals surface area contributed by atoms with Crippen LogP contribution >= 0.6 is 11.8 Å². The van der Waals surface area contributed by atoms with Gasteiger partial charge in [0, 0.05) is 35.6 Å². The Morgan fingerprint density at radius 3 is 2.25 bits per heavy atom. The first-order chi connectivity index (χ1) is 11.9. The van der Waals surface area contributed by atoms with Crippen molar-refractivity contribution in [3.8, 4) is 0 Å². The molecule has 0 aliphatic heterocycles. The Kier molecular flexibility index (Phi) is 6.32. The average Bonchev–Trinajstić information content (AvgIpc) is 2.66. The highest BCUT2D eigenvalue weighted by molar-refractivity contribution is 7.99. The normalized spacial score (nSPS) is 11.8. The molecule has 1 unspecified atom stereocenters. The molecule has 1 aromatic heterocycles. The summed E-state index contributed by atoms with van der Waals surface area (Å²) in [6, 6.07) is 25.3. The number of nitrogens with zero attached hydrogens (tertiary/aromatic N) is 1. The molecule has 24 heavy (non-hydrogen) atoms. The number of thioether (sulfide) groups is 1. The Labute approximate surface area is 148 Å². The summed E-state index contributed by atoms with van der Waals surface area (Å²) >= 11 is 1.99. The Hall–Kier alpha value is -2.26. The Bertz CT molecular complexity index is 658. The summed E-state index contributed by atoms with van der Waals surface area (Å²) in [4.78, 5) is 4.21. The first kappa shape index (κ1) is 16.6. The molecule has 1 heterocycles. The summed E-state index contributed by atoms with van der Waals surface area (Å²) in [5.41, 5.74) is 3.84. The van der Waals surface area contributed by atoms with Crippen molar-refractivity contribution in [3.63, 3.8) is 0 Å². The van der Waals surface area contributed by atoms with Crippen LogP contribution in [-0.2, 0) is 12.2 Å². The van der Waals surface area contributed by atoms with Crippen LogP contribution in [0.5, 0.6) is 0 Å². The summed E-state index contributed by atoms with van der Waals surface area (Å²) in [5.74, 6) is 0.988. The van der Waals surface area contributed by atoms with Gasteiger partial charge >= 0.3 is 0 Å². The first-order valence-corrected chi connectivity index (χ1v) is 9.28. The molecule has 0 radical (unpaired) electrons. The van der Waals surface area contributed by atoms with Crippen molar-refractivity contribution in [2.75, 3.05) is 11.9 Å². The molecule has 1 atom stereocenters. The molecule has 3 aromatic rings. The summed E-state index contributed by atoms with van der Waals surface area (Å²) in [6.45, 7) is 0.948. The smallest absolute Gasteiger partial charge is 0.0340 e. The zero-order chi connectivity index (χ0) is 16.5. The maximum atomic E-state index is 4.21. The molecule has 0 amide bonds. The van der Waals surface area contributed by atoms with Crippen molar-refractivity contribution in [3.05, 3.63) is 96.3 Å². The van der Waals surface area contributed by atoms with Gasteiger partial charge in [-0.2, -0.15) is 11.8 Å². The zero-order valence-corrected chi connectivity index (χ0v) is 14.5. The second-order valence-electron chi connectivity index (χ2n) is 5.73. The number of benzene rings is 2. The molecule has 3 rings (SSSR count). The lowest BCUT2D eigenvalue weighted by atomic mass is 10.1. The molecule has 0 saturated carbocycles. The van der Waals surface area contributed by atoms with Crippen molar-refractivity contribution < 1.29 is 0 Å². The van der Waals surface area contributed by atoms with Crippen LogP contribution in [0.3, 0.4) is 0 Å². The maximum Gasteiger partial charge on any atom is 0.0340 e. The number of rotatable bonds is 8. The van der Waals surface area contributed by atoms with Crippen LogP contribution < -0.4 is 5.32 Å². The number of para-hydroxylation sites is 1. The van der Waals surface area contributed by atoms with E-state index < -0.39 is 0 Å². The molecule has 2 nitrogen and oxygen atoms in total. The lowest BCUT2D eigenvalue weighted by Gasteiger charge is -2.18. The van der Waals surface area contributed by atoms with Crippen molar-refractivity contribution in [2.24, 2.45) is 0 Å². The molecule has 0 fully saturated rings. The van der Waals surface area contributed by atoms with E-state index in [9.17, 15) is 0 Å². The van der Waals surface area contributed by atoms with E-state index in [-0.39, 0.29) is 0 Å². The van der Waals surface area contributed by atoms with E-state index >= 15 is 0 Å². The fourth-order valence-corrected chi connectivity index (χ4v) is 3.66. The van der Waals surface area contributed by atoms with E-state index in [0.717, 1.165) is 18.7 Å². The monoisotopic (exact) mass is 334 g/mol. The average molecular weight is 334 g/mol. The van der Waals surface area contributed by atoms with Crippen molar-refractivity contribution >= 4 is 17.4 Å². The third-order valence-electron chi connectivity index (χ3n) is 3.82. The van der Waals surface area contributed by atoms with E-state index in [1.165, 1.54) is 16.8 Å². The van der Waals surface area contributed by atoms with Gasteiger partial charge in [0.1, 0.15) is 0 Å². The Morgan fingerprint density at radius 2 is 1.54 bits per heavy atom. The second-order valence-corrected chi connectivity index (χ2v) is 7.02. The minimum absolute atomic E-state index is 0.507. The topological polar surface area (TPSA) is 24.9 Å². The number of hydrogen-bond donors (Lipinski definition) is 1. The SMILES string of the molecule is c1ccc(CC(CNc2ccccc2)SCc2cccnc2)cc1. The van der Waals surface area contributed by atoms with Gasteiger partial charge in [-0.3, -0.25) is 4.98 Å². The number of pyridine rings is 1. The number of anilines is 1. The number of aromatic nitrogens is 1. The van der Waals surface area contributed by atoms with Crippen LogP contribution in [0.15, 0.2) is 85.2 Å².